The van der Waals surface area contributed by atoms with E-state index in [-0.39, 0.29) is 18.2 Å². The van der Waals surface area contributed by atoms with Gasteiger partial charge in [-0.2, -0.15) is 0 Å². The van der Waals surface area contributed by atoms with Gasteiger partial charge in [0.1, 0.15) is 11.4 Å². The van der Waals surface area contributed by atoms with Crippen molar-refractivity contribution in [2.75, 3.05) is 5.73 Å². The van der Waals surface area contributed by atoms with Gasteiger partial charge in [-0.3, -0.25) is 4.90 Å². The van der Waals surface area contributed by atoms with Crippen LogP contribution in [0.1, 0.15) is 62.6 Å². The Bertz CT molecular complexity index is 863. The lowest BCUT2D eigenvalue weighted by Crippen LogP contribution is -2.42. The number of rotatable bonds is 3. The average molecular weight is 444 g/mol. The second-order valence-electron chi connectivity index (χ2n) is 8.33. The Hall–Kier alpha value is -2.08. The molecule has 5 nitrogen and oxygen atoms in total. The first kappa shape index (κ1) is 19.2. The Morgan fingerprint density at radius 1 is 1.14 bits per heavy atom. The molecule has 2 heterocycles. The van der Waals surface area contributed by atoms with Gasteiger partial charge in [-0.15, -0.1) is 0 Å². The van der Waals surface area contributed by atoms with Crippen LogP contribution in [-0.4, -0.2) is 27.6 Å². The number of carbonyl (C=O) groups is 1. The van der Waals surface area contributed by atoms with Crippen LogP contribution in [0, 0.1) is 0 Å². The van der Waals surface area contributed by atoms with Gasteiger partial charge in [0.2, 0.25) is 0 Å². The number of pyridine rings is 1. The first-order chi connectivity index (χ1) is 13.4. The van der Waals surface area contributed by atoms with Crippen molar-refractivity contribution in [3.05, 3.63) is 58.2 Å². The second-order valence-corrected chi connectivity index (χ2v) is 9.19. The molecule has 1 saturated heterocycles. The number of aromatic nitrogens is 1. The van der Waals surface area contributed by atoms with E-state index in [1.165, 1.54) is 5.56 Å². The Morgan fingerprint density at radius 3 is 2.46 bits per heavy atom. The van der Waals surface area contributed by atoms with Gasteiger partial charge in [0.15, 0.2) is 0 Å². The fourth-order valence-corrected chi connectivity index (χ4v) is 5.07. The summed E-state index contributed by atoms with van der Waals surface area (Å²) < 4.78 is 6.63. The summed E-state index contributed by atoms with van der Waals surface area (Å²) in [7, 11) is 0. The Morgan fingerprint density at radius 2 is 1.82 bits per heavy atom. The molecular formula is C22H26BrN3O2. The smallest absolute Gasteiger partial charge is 0.411 e. The van der Waals surface area contributed by atoms with E-state index in [9.17, 15) is 4.79 Å². The lowest BCUT2D eigenvalue weighted by Gasteiger charge is -2.38. The number of ether oxygens (including phenoxy) is 1. The number of hydrogen-bond acceptors (Lipinski definition) is 4. The van der Waals surface area contributed by atoms with Crippen LogP contribution in [0.2, 0.25) is 0 Å². The number of anilines is 1. The number of hydrogen-bond donors (Lipinski definition) is 1. The van der Waals surface area contributed by atoms with Crippen LogP contribution in [0.4, 0.5) is 10.6 Å². The molecule has 28 heavy (non-hydrogen) atoms. The quantitative estimate of drug-likeness (QED) is 0.686. The topological polar surface area (TPSA) is 68.5 Å². The van der Waals surface area contributed by atoms with Gasteiger partial charge >= 0.3 is 6.09 Å². The summed E-state index contributed by atoms with van der Waals surface area (Å²) in [6.07, 6.45) is 5.65. The molecule has 2 N–H and O–H groups in total. The summed E-state index contributed by atoms with van der Waals surface area (Å²) in [5.41, 5.74) is 7.62. The number of cyclic esters (lactones) is 1. The van der Waals surface area contributed by atoms with Crippen molar-refractivity contribution in [3.63, 3.8) is 0 Å². The monoisotopic (exact) mass is 443 g/mol. The largest absolute Gasteiger partial charge is 0.441 e. The molecule has 0 spiro atoms. The van der Waals surface area contributed by atoms with E-state index in [4.69, 9.17) is 10.5 Å². The zero-order valence-electron chi connectivity index (χ0n) is 16.3. The molecule has 0 bridgehead atoms. The highest BCUT2D eigenvalue weighted by Crippen LogP contribution is 2.46. The second kappa shape index (κ2) is 7.39. The Labute approximate surface area is 174 Å². The number of carbonyl (C=O) groups excluding carboxylic acids is 1. The summed E-state index contributed by atoms with van der Waals surface area (Å²) in [4.78, 5) is 19.0. The molecule has 2 aliphatic rings. The highest BCUT2D eigenvalue weighted by atomic mass is 79.9. The molecule has 1 atom stereocenters. The maximum absolute atomic E-state index is 12.8. The maximum atomic E-state index is 12.8. The zero-order chi connectivity index (χ0) is 19.9. The fourth-order valence-electron chi connectivity index (χ4n) is 4.70. The summed E-state index contributed by atoms with van der Waals surface area (Å²) in [6, 6.07) is 12.4. The van der Waals surface area contributed by atoms with E-state index in [0.29, 0.717) is 11.7 Å². The predicted octanol–water partition coefficient (Wildman–Crippen LogP) is 5.42. The molecule has 0 unspecified atom stereocenters. The van der Waals surface area contributed by atoms with E-state index < -0.39 is 5.60 Å². The Kier molecular flexibility index (Phi) is 5.08. The van der Waals surface area contributed by atoms with E-state index >= 15 is 0 Å². The summed E-state index contributed by atoms with van der Waals surface area (Å²) in [5, 5.41) is 0. The zero-order valence-corrected chi connectivity index (χ0v) is 17.9. The SMILES string of the molecule is CC1(C)OC(=O)N([C@H]2CC[C@H](c3cnc(N)c(Br)c3)CC2)[C@H]1c1ccccc1. The van der Waals surface area contributed by atoms with Crippen molar-refractivity contribution in [1.82, 2.24) is 9.88 Å². The number of nitrogens with two attached hydrogens (primary N) is 1. The van der Waals surface area contributed by atoms with Crippen LogP contribution in [0.15, 0.2) is 47.1 Å². The van der Waals surface area contributed by atoms with Crippen molar-refractivity contribution in [2.45, 2.75) is 63.1 Å². The van der Waals surface area contributed by atoms with Crippen molar-refractivity contribution in [3.8, 4) is 0 Å². The molecular weight excluding hydrogens is 418 g/mol. The molecule has 1 amide bonds. The van der Waals surface area contributed by atoms with E-state index in [2.05, 4.69) is 39.1 Å². The van der Waals surface area contributed by atoms with E-state index in [1.54, 1.807) is 0 Å². The minimum Gasteiger partial charge on any atom is -0.441 e. The molecule has 1 aromatic carbocycles. The standard InChI is InChI=1S/C22H26BrN3O2/c1-22(2)19(15-6-4-3-5-7-15)26(21(27)28-22)17-10-8-14(9-11-17)16-12-18(23)20(24)25-13-16/h3-7,12-14,17,19H,8-11H2,1-2H3,(H2,24,25)/t14-,17-,19-/m0/s1. The third-order valence-electron chi connectivity index (χ3n) is 6.07. The minimum absolute atomic E-state index is 0.0601. The molecule has 2 fully saturated rings. The fraction of sp³-hybridized carbons (Fsp3) is 0.455. The van der Waals surface area contributed by atoms with E-state index in [0.717, 1.165) is 35.7 Å². The minimum atomic E-state index is -0.541. The summed E-state index contributed by atoms with van der Waals surface area (Å²) in [5.74, 6) is 0.965. The highest BCUT2D eigenvalue weighted by molar-refractivity contribution is 9.10. The van der Waals surface area contributed by atoms with Gasteiger partial charge in [0, 0.05) is 12.2 Å². The highest BCUT2D eigenvalue weighted by Gasteiger charge is 2.51. The van der Waals surface area contributed by atoms with Crippen LogP contribution in [0.5, 0.6) is 0 Å². The predicted molar refractivity (Wildman–Crippen MR) is 113 cm³/mol. The third-order valence-corrected chi connectivity index (χ3v) is 6.70. The molecule has 1 saturated carbocycles. The van der Waals surface area contributed by atoms with Gasteiger partial charge in [0.05, 0.1) is 10.5 Å². The lowest BCUT2D eigenvalue weighted by molar-refractivity contribution is 0.0664. The van der Waals surface area contributed by atoms with Crippen LogP contribution >= 0.6 is 15.9 Å². The molecule has 0 radical (unpaired) electrons. The molecule has 1 aliphatic carbocycles. The summed E-state index contributed by atoms with van der Waals surface area (Å²) >= 11 is 3.48. The average Bonchev–Trinajstić information content (AvgIpc) is 2.93. The van der Waals surface area contributed by atoms with Gasteiger partial charge in [-0.25, -0.2) is 9.78 Å². The van der Waals surface area contributed by atoms with Crippen molar-refractivity contribution >= 4 is 27.8 Å². The molecule has 6 heteroatoms. The normalized spacial score (nSPS) is 26.9. The first-order valence-corrected chi connectivity index (χ1v) is 10.6. The van der Waals surface area contributed by atoms with E-state index in [1.807, 2.05) is 43.1 Å². The van der Waals surface area contributed by atoms with Crippen LogP contribution in [0.3, 0.4) is 0 Å². The first-order valence-electron chi connectivity index (χ1n) is 9.84. The van der Waals surface area contributed by atoms with Crippen molar-refractivity contribution in [1.29, 1.82) is 0 Å². The van der Waals surface area contributed by atoms with Crippen LogP contribution in [0.25, 0.3) is 0 Å². The molecule has 4 rings (SSSR count). The molecule has 2 aromatic rings. The Balaban J connectivity index is 1.52. The van der Waals surface area contributed by atoms with Gasteiger partial charge in [0.25, 0.3) is 0 Å². The van der Waals surface area contributed by atoms with Crippen molar-refractivity contribution in [2.24, 2.45) is 0 Å². The number of nitrogens with zero attached hydrogens (tertiary/aromatic N) is 2. The van der Waals surface area contributed by atoms with Gasteiger partial charge in [-0.1, -0.05) is 30.3 Å². The summed E-state index contributed by atoms with van der Waals surface area (Å²) in [6.45, 7) is 4.01. The number of amides is 1. The molecule has 148 valence electrons. The van der Waals surface area contributed by atoms with Gasteiger partial charge in [-0.05, 0) is 78.6 Å². The van der Waals surface area contributed by atoms with Crippen molar-refractivity contribution < 1.29 is 9.53 Å². The molecule has 1 aliphatic heterocycles. The number of benzene rings is 1. The van der Waals surface area contributed by atoms with Crippen LogP contribution in [-0.2, 0) is 4.74 Å². The number of nitrogen functional groups attached to an aromatic ring is 1. The third kappa shape index (κ3) is 3.50. The maximum Gasteiger partial charge on any atom is 0.411 e. The van der Waals surface area contributed by atoms with Gasteiger partial charge < -0.3 is 10.5 Å². The number of halogens is 1. The lowest BCUT2D eigenvalue weighted by atomic mass is 9.80. The van der Waals surface area contributed by atoms with Crippen LogP contribution < -0.4 is 5.73 Å². The molecule has 1 aromatic heterocycles.